The van der Waals surface area contributed by atoms with E-state index in [1.807, 2.05) is 19.1 Å². The molecule has 0 spiro atoms. The van der Waals surface area contributed by atoms with Crippen LogP contribution >= 0.6 is 0 Å². The van der Waals surface area contributed by atoms with Gasteiger partial charge in [-0.25, -0.2) is 8.78 Å². The molecule has 2 aromatic carbocycles. The summed E-state index contributed by atoms with van der Waals surface area (Å²) in [7, 11) is 0. The molecule has 0 atom stereocenters. The number of nitrogen functional groups attached to an aromatic ring is 1. The predicted octanol–water partition coefficient (Wildman–Crippen LogP) is 4.31. The third-order valence-electron chi connectivity index (χ3n) is 2.49. The summed E-state index contributed by atoms with van der Waals surface area (Å²) in [6.07, 6.45) is -2.62. The van der Waals surface area contributed by atoms with E-state index in [0.717, 1.165) is 5.56 Å². The Hall–Kier alpha value is -2.10. The van der Waals surface area contributed by atoms with E-state index >= 15 is 0 Å². The van der Waals surface area contributed by atoms with Crippen molar-refractivity contribution < 1.29 is 13.5 Å². The SMILES string of the molecule is Cc1cccc(Oc2ccc(N)cc2C(F)F)c1. The fourth-order valence-corrected chi connectivity index (χ4v) is 1.64. The zero-order valence-electron chi connectivity index (χ0n) is 9.86. The average Bonchev–Trinajstić information content (AvgIpc) is 2.31. The summed E-state index contributed by atoms with van der Waals surface area (Å²) in [6.45, 7) is 1.91. The zero-order chi connectivity index (χ0) is 13.1. The molecular formula is C14H13F2NO. The normalized spacial score (nSPS) is 10.7. The van der Waals surface area contributed by atoms with Gasteiger partial charge in [-0.2, -0.15) is 0 Å². The predicted molar refractivity (Wildman–Crippen MR) is 67.1 cm³/mol. The Labute approximate surface area is 104 Å². The Kier molecular flexibility index (Phi) is 3.46. The van der Waals surface area contributed by atoms with E-state index < -0.39 is 6.43 Å². The van der Waals surface area contributed by atoms with Crippen molar-refractivity contribution in [3.05, 3.63) is 53.6 Å². The summed E-state index contributed by atoms with van der Waals surface area (Å²) in [5.41, 5.74) is 6.59. The number of hydrogen-bond donors (Lipinski definition) is 1. The van der Waals surface area contributed by atoms with Crippen molar-refractivity contribution in [1.29, 1.82) is 0 Å². The van der Waals surface area contributed by atoms with Crippen LogP contribution in [0.2, 0.25) is 0 Å². The molecule has 0 fully saturated rings. The summed E-state index contributed by atoms with van der Waals surface area (Å²) in [5.74, 6) is 0.659. The molecule has 0 unspecified atom stereocenters. The van der Waals surface area contributed by atoms with E-state index in [0.29, 0.717) is 11.4 Å². The van der Waals surface area contributed by atoms with Gasteiger partial charge in [0.15, 0.2) is 0 Å². The molecule has 2 aromatic rings. The maximum atomic E-state index is 12.9. The quantitative estimate of drug-likeness (QED) is 0.823. The topological polar surface area (TPSA) is 35.2 Å². The van der Waals surface area contributed by atoms with E-state index in [4.69, 9.17) is 10.5 Å². The highest BCUT2D eigenvalue weighted by atomic mass is 19.3. The van der Waals surface area contributed by atoms with Gasteiger partial charge in [-0.1, -0.05) is 12.1 Å². The third-order valence-corrected chi connectivity index (χ3v) is 2.49. The molecule has 2 rings (SSSR count). The standard InChI is InChI=1S/C14H13F2NO/c1-9-3-2-4-11(7-9)18-13-6-5-10(17)8-12(13)14(15)16/h2-8,14H,17H2,1H3. The molecule has 0 saturated carbocycles. The molecule has 2 nitrogen and oxygen atoms in total. The Balaban J connectivity index is 2.34. The van der Waals surface area contributed by atoms with Gasteiger partial charge >= 0.3 is 0 Å². The molecule has 18 heavy (non-hydrogen) atoms. The number of nitrogens with two attached hydrogens (primary N) is 1. The lowest BCUT2D eigenvalue weighted by Crippen LogP contribution is -1.95. The minimum Gasteiger partial charge on any atom is -0.457 e. The monoisotopic (exact) mass is 249 g/mol. The first-order chi connectivity index (χ1) is 8.56. The summed E-state index contributed by atoms with van der Waals surface area (Å²) < 4.78 is 31.2. The van der Waals surface area contributed by atoms with Gasteiger partial charge < -0.3 is 10.5 Å². The van der Waals surface area contributed by atoms with E-state index in [9.17, 15) is 8.78 Å². The molecule has 0 heterocycles. The molecule has 0 aromatic heterocycles. The second-order valence-electron chi connectivity index (χ2n) is 4.02. The lowest BCUT2D eigenvalue weighted by molar-refractivity contribution is 0.148. The highest BCUT2D eigenvalue weighted by molar-refractivity contribution is 5.49. The van der Waals surface area contributed by atoms with Gasteiger partial charge in [-0.3, -0.25) is 0 Å². The maximum absolute atomic E-state index is 12.9. The van der Waals surface area contributed by atoms with E-state index in [2.05, 4.69) is 0 Å². The van der Waals surface area contributed by atoms with Crippen LogP contribution in [0.25, 0.3) is 0 Å². The number of alkyl halides is 2. The van der Waals surface area contributed by atoms with Gasteiger partial charge in [-0.15, -0.1) is 0 Å². The van der Waals surface area contributed by atoms with E-state index in [1.54, 1.807) is 12.1 Å². The Morgan fingerprint density at radius 1 is 1.11 bits per heavy atom. The minimum atomic E-state index is -2.62. The van der Waals surface area contributed by atoms with E-state index in [-0.39, 0.29) is 11.3 Å². The van der Waals surface area contributed by atoms with Crippen LogP contribution in [-0.2, 0) is 0 Å². The lowest BCUT2D eigenvalue weighted by atomic mass is 10.2. The van der Waals surface area contributed by atoms with Crippen molar-refractivity contribution >= 4 is 5.69 Å². The van der Waals surface area contributed by atoms with Gasteiger partial charge in [0.2, 0.25) is 0 Å². The number of halogens is 2. The van der Waals surface area contributed by atoms with Crippen LogP contribution in [0.15, 0.2) is 42.5 Å². The van der Waals surface area contributed by atoms with Crippen LogP contribution in [0.3, 0.4) is 0 Å². The fraction of sp³-hybridized carbons (Fsp3) is 0.143. The van der Waals surface area contributed by atoms with Gasteiger partial charge in [-0.05, 0) is 42.8 Å². The molecule has 0 radical (unpaired) electrons. The maximum Gasteiger partial charge on any atom is 0.267 e. The van der Waals surface area contributed by atoms with Crippen LogP contribution in [-0.4, -0.2) is 0 Å². The summed E-state index contributed by atoms with van der Waals surface area (Å²) in [6, 6.07) is 11.4. The first-order valence-electron chi connectivity index (χ1n) is 5.48. The largest absolute Gasteiger partial charge is 0.457 e. The molecule has 0 aliphatic carbocycles. The molecule has 0 bridgehead atoms. The summed E-state index contributed by atoms with van der Waals surface area (Å²) in [4.78, 5) is 0. The minimum absolute atomic E-state index is 0.129. The zero-order valence-corrected chi connectivity index (χ0v) is 9.86. The summed E-state index contributed by atoms with van der Waals surface area (Å²) in [5, 5.41) is 0. The number of anilines is 1. The van der Waals surface area contributed by atoms with Crippen LogP contribution in [0.5, 0.6) is 11.5 Å². The number of benzene rings is 2. The van der Waals surface area contributed by atoms with E-state index in [1.165, 1.54) is 18.2 Å². The third kappa shape index (κ3) is 2.77. The van der Waals surface area contributed by atoms with Crippen molar-refractivity contribution in [1.82, 2.24) is 0 Å². The van der Waals surface area contributed by atoms with Gasteiger partial charge in [0.05, 0.1) is 5.56 Å². The lowest BCUT2D eigenvalue weighted by Gasteiger charge is -2.11. The Bertz CT molecular complexity index is 555. The number of ether oxygens (including phenoxy) is 1. The molecule has 0 aliphatic rings. The number of rotatable bonds is 3. The first kappa shape index (κ1) is 12.4. The summed E-state index contributed by atoms with van der Waals surface area (Å²) >= 11 is 0. The van der Waals surface area contributed by atoms with Gasteiger partial charge in [0.1, 0.15) is 11.5 Å². The van der Waals surface area contributed by atoms with Crippen LogP contribution in [0.4, 0.5) is 14.5 Å². The highest BCUT2D eigenvalue weighted by Crippen LogP contribution is 2.33. The van der Waals surface area contributed by atoms with Crippen molar-refractivity contribution in [3.63, 3.8) is 0 Å². The molecule has 94 valence electrons. The molecular weight excluding hydrogens is 236 g/mol. The van der Waals surface area contributed by atoms with Gasteiger partial charge in [0.25, 0.3) is 6.43 Å². The molecule has 0 saturated heterocycles. The first-order valence-corrected chi connectivity index (χ1v) is 5.48. The fourth-order valence-electron chi connectivity index (χ4n) is 1.64. The van der Waals surface area contributed by atoms with Crippen molar-refractivity contribution in [2.45, 2.75) is 13.3 Å². The molecule has 0 amide bonds. The Morgan fingerprint density at radius 3 is 2.56 bits per heavy atom. The van der Waals surface area contributed by atoms with Crippen molar-refractivity contribution in [2.24, 2.45) is 0 Å². The van der Waals surface area contributed by atoms with Crippen molar-refractivity contribution in [2.75, 3.05) is 5.73 Å². The van der Waals surface area contributed by atoms with Gasteiger partial charge in [0, 0.05) is 5.69 Å². The Morgan fingerprint density at radius 2 is 1.89 bits per heavy atom. The molecule has 4 heteroatoms. The molecule has 2 N–H and O–H groups in total. The van der Waals surface area contributed by atoms with Crippen molar-refractivity contribution in [3.8, 4) is 11.5 Å². The highest BCUT2D eigenvalue weighted by Gasteiger charge is 2.15. The smallest absolute Gasteiger partial charge is 0.267 e. The second-order valence-corrected chi connectivity index (χ2v) is 4.02. The molecule has 0 aliphatic heterocycles. The number of hydrogen-bond acceptors (Lipinski definition) is 2. The number of aryl methyl sites for hydroxylation is 1. The average molecular weight is 249 g/mol. The second kappa shape index (κ2) is 5.04. The van der Waals surface area contributed by atoms with Crippen LogP contribution in [0.1, 0.15) is 17.6 Å². The van der Waals surface area contributed by atoms with Crippen LogP contribution in [0, 0.1) is 6.92 Å². The van der Waals surface area contributed by atoms with Crippen LogP contribution < -0.4 is 10.5 Å².